The summed E-state index contributed by atoms with van der Waals surface area (Å²) in [6.07, 6.45) is 4.04. The monoisotopic (exact) mass is 366 g/mol. The third kappa shape index (κ3) is 5.99. The van der Waals surface area contributed by atoms with Crippen LogP contribution in [0.2, 0.25) is 0 Å². The summed E-state index contributed by atoms with van der Waals surface area (Å²) < 4.78 is 29.1. The maximum Gasteiger partial charge on any atom is 0.331 e. The molecule has 1 saturated heterocycles. The molecule has 0 saturated carbocycles. The predicted molar refractivity (Wildman–Crippen MR) is 94.2 cm³/mol. The Kier molecular flexibility index (Phi) is 6.33. The third-order valence-corrected chi connectivity index (χ3v) is 5.19. The first-order valence-electron chi connectivity index (χ1n) is 7.90. The number of hydrogen-bond donors (Lipinski definition) is 0. The van der Waals surface area contributed by atoms with E-state index in [1.807, 2.05) is 31.2 Å². The zero-order chi connectivity index (χ0) is 18.4. The molecular formula is C17H22N2O5S. The number of benzene rings is 1. The van der Waals surface area contributed by atoms with Gasteiger partial charge in [-0.2, -0.15) is 4.31 Å². The van der Waals surface area contributed by atoms with Crippen LogP contribution in [0.3, 0.4) is 0 Å². The van der Waals surface area contributed by atoms with Crippen molar-refractivity contribution >= 4 is 28.0 Å². The van der Waals surface area contributed by atoms with Crippen molar-refractivity contribution in [3.05, 3.63) is 41.5 Å². The van der Waals surface area contributed by atoms with Crippen molar-refractivity contribution in [1.82, 2.24) is 9.21 Å². The largest absolute Gasteiger partial charge is 0.452 e. The highest BCUT2D eigenvalue weighted by molar-refractivity contribution is 7.88. The number of sulfonamides is 1. The van der Waals surface area contributed by atoms with Crippen molar-refractivity contribution in [2.24, 2.45) is 0 Å². The molecular weight excluding hydrogens is 344 g/mol. The Hall–Kier alpha value is -2.19. The number of ether oxygens (including phenoxy) is 1. The summed E-state index contributed by atoms with van der Waals surface area (Å²) in [5, 5.41) is 0. The Morgan fingerprint density at radius 1 is 1.12 bits per heavy atom. The van der Waals surface area contributed by atoms with Crippen molar-refractivity contribution in [3.63, 3.8) is 0 Å². The second-order valence-corrected chi connectivity index (χ2v) is 7.88. The average molecular weight is 366 g/mol. The van der Waals surface area contributed by atoms with Gasteiger partial charge in [0.15, 0.2) is 6.61 Å². The minimum Gasteiger partial charge on any atom is -0.452 e. The minimum atomic E-state index is -3.24. The number of nitrogens with zero attached hydrogens (tertiary/aromatic N) is 2. The van der Waals surface area contributed by atoms with Crippen molar-refractivity contribution in [3.8, 4) is 0 Å². The van der Waals surface area contributed by atoms with Gasteiger partial charge in [-0.3, -0.25) is 4.79 Å². The van der Waals surface area contributed by atoms with Crippen LogP contribution < -0.4 is 0 Å². The Morgan fingerprint density at radius 2 is 1.72 bits per heavy atom. The van der Waals surface area contributed by atoms with Gasteiger partial charge in [0, 0.05) is 32.3 Å². The van der Waals surface area contributed by atoms with E-state index in [-0.39, 0.29) is 25.6 Å². The number of aryl methyl sites for hydroxylation is 1. The van der Waals surface area contributed by atoms with Gasteiger partial charge in [-0.25, -0.2) is 13.2 Å². The zero-order valence-corrected chi connectivity index (χ0v) is 15.2. The molecule has 0 radical (unpaired) electrons. The van der Waals surface area contributed by atoms with Gasteiger partial charge in [-0.15, -0.1) is 0 Å². The number of carbonyl (C=O) groups is 2. The van der Waals surface area contributed by atoms with Gasteiger partial charge in [-0.05, 0) is 18.6 Å². The maximum absolute atomic E-state index is 12.0. The van der Waals surface area contributed by atoms with Crippen LogP contribution in [0.15, 0.2) is 30.3 Å². The van der Waals surface area contributed by atoms with Crippen molar-refractivity contribution in [2.45, 2.75) is 6.92 Å². The summed E-state index contributed by atoms with van der Waals surface area (Å²) in [7, 11) is -3.24. The molecule has 1 amide bonds. The van der Waals surface area contributed by atoms with Crippen LogP contribution in [0.25, 0.3) is 6.08 Å². The lowest BCUT2D eigenvalue weighted by atomic mass is 10.1. The first-order valence-corrected chi connectivity index (χ1v) is 9.75. The van der Waals surface area contributed by atoms with Crippen LogP contribution in [0.1, 0.15) is 11.1 Å². The summed E-state index contributed by atoms with van der Waals surface area (Å²) in [6, 6.07) is 7.63. The van der Waals surface area contributed by atoms with Gasteiger partial charge in [0.25, 0.3) is 5.91 Å². The molecule has 136 valence electrons. The average Bonchev–Trinajstić information content (AvgIpc) is 2.58. The van der Waals surface area contributed by atoms with Gasteiger partial charge >= 0.3 is 5.97 Å². The van der Waals surface area contributed by atoms with E-state index in [1.165, 1.54) is 15.3 Å². The third-order valence-electron chi connectivity index (χ3n) is 3.89. The van der Waals surface area contributed by atoms with Crippen LogP contribution in [0, 0.1) is 6.92 Å². The predicted octanol–water partition coefficient (Wildman–Crippen LogP) is 0.655. The molecule has 1 aliphatic rings. The van der Waals surface area contributed by atoms with Crippen LogP contribution in [0.4, 0.5) is 0 Å². The van der Waals surface area contributed by atoms with Crippen LogP contribution >= 0.6 is 0 Å². The van der Waals surface area contributed by atoms with E-state index in [4.69, 9.17) is 4.74 Å². The van der Waals surface area contributed by atoms with E-state index in [0.29, 0.717) is 13.1 Å². The van der Waals surface area contributed by atoms with Crippen molar-refractivity contribution in [2.75, 3.05) is 39.0 Å². The number of hydrogen-bond acceptors (Lipinski definition) is 5. The molecule has 7 nitrogen and oxygen atoms in total. The molecule has 0 spiro atoms. The summed E-state index contributed by atoms with van der Waals surface area (Å²) in [5.41, 5.74) is 1.99. The molecule has 1 heterocycles. The molecule has 0 atom stereocenters. The molecule has 0 bridgehead atoms. The number of esters is 1. The van der Waals surface area contributed by atoms with Crippen LogP contribution in [0.5, 0.6) is 0 Å². The Balaban J connectivity index is 1.76. The standard InChI is InChI=1S/C17H22N2O5S/c1-14-3-5-15(6-4-14)7-8-17(21)24-13-16(20)18-9-11-19(12-10-18)25(2,22)23/h3-8H,9-13H2,1-2H3/b8-7+. The highest BCUT2D eigenvalue weighted by Crippen LogP contribution is 2.07. The quantitative estimate of drug-likeness (QED) is 0.564. The SMILES string of the molecule is Cc1ccc(/C=C/C(=O)OCC(=O)N2CCN(S(C)(=O)=O)CC2)cc1. The van der Waals surface area contributed by atoms with Gasteiger partial charge in [0.2, 0.25) is 10.0 Å². The fourth-order valence-electron chi connectivity index (χ4n) is 2.38. The fourth-order valence-corrected chi connectivity index (χ4v) is 3.21. The molecule has 0 unspecified atom stereocenters. The van der Waals surface area contributed by atoms with Crippen molar-refractivity contribution in [1.29, 1.82) is 0 Å². The van der Waals surface area contributed by atoms with Crippen LogP contribution in [-0.2, 0) is 24.3 Å². The van der Waals surface area contributed by atoms with Crippen molar-refractivity contribution < 1.29 is 22.7 Å². The maximum atomic E-state index is 12.0. The van der Waals surface area contributed by atoms with Gasteiger partial charge in [0.05, 0.1) is 6.26 Å². The lowest BCUT2D eigenvalue weighted by Crippen LogP contribution is -2.51. The van der Waals surface area contributed by atoms with E-state index < -0.39 is 16.0 Å². The number of piperazine rings is 1. The highest BCUT2D eigenvalue weighted by Gasteiger charge is 2.26. The normalized spacial score (nSPS) is 16.2. The number of amides is 1. The first kappa shape index (κ1) is 19.1. The second-order valence-electron chi connectivity index (χ2n) is 5.89. The van der Waals surface area contributed by atoms with E-state index in [1.54, 1.807) is 6.08 Å². The molecule has 25 heavy (non-hydrogen) atoms. The van der Waals surface area contributed by atoms with Gasteiger partial charge in [0.1, 0.15) is 0 Å². The Morgan fingerprint density at radius 3 is 2.28 bits per heavy atom. The molecule has 0 N–H and O–H groups in total. The van der Waals surface area contributed by atoms with Crippen LogP contribution in [-0.4, -0.2) is 68.5 Å². The van der Waals surface area contributed by atoms with E-state index >= 15 is 0 Å². The molecule has 1 aromatic carbocycles. The topological polar surface area (TPSA) is 84.0 Å². The van der Waals surface area contributed by atoms with E-state index in [0.717, 1.165) is 17.4 Å². The summed E-state index contributed by atoms with van der Waals surface area (Å²) in [5.74, 6) is -0.922. The van der Waals surface area contributed by atoms with E-state index in [9.17, 15) is 18.0 Å². The first-order chi connectivity index (χ1) is 11.8. The molecule has 1 aromatic rings. The number of carbonyl (C=O) groups excluding carboxylic acids is 2. The lowest BCUT2D eigenvalue weighted by Gasteiger charge is -2.33. The molecule has 0 aromatic heterocycles. The second kappa shape index (κ2) is 8.26. The molecule has 0 aliphatic carbocycles. The smallest absolute Gasteiger partial charge is 0.331 e. The number of rotatable bonds is 5. The molecule has 8 heteroatoms. The van der Waals surface area contributed by atoms with Gasteiger partial charge < -0.3 is 9.64 Å². The van der Waals surface area contributed by atoms with Gasteiger partial charge in [-0.1, -0.05) is 29.8 Å². The molecule has 2 rings (SSSR count). The summed E-state index contributed by atoms with van der Waals surface area (Å²) >= 11 is 0. The zero-order valence-electron chi connectivity index (χ0n) is 14.3. The van der Waals surface area contributed by atoms with E-state index in [2.05, 4.69) is 0 Å². The lowest BCUT2D eigenvalue weighted by molar-refractivity contribution is -0.148. The summed E-state index contributed by atoms with van der Waals surface area (Å²) in [4.78, 5) is 25.2. The Bertz CT molecular complexity index is 748. The molecule has 1 fully saturated rings. The highest BCUT2D eigenvalue weighted by atomic mass is 32.2. The Labute approximate surface area is 147 Å². The fraction of sp³-hybridized carbons (Fsp3) is 0.412. The molecule has 1 aliphatic heterocycles. The summed E-state index contributed by atoms with van der Waals surface area (Å²) in [6.45, 7) is 2.72. The minimum absolute atomic E-state index is 0.256.